The van der Waals surface area contributed by atoms with Crippen LogP contribution in [-0.4, -0.2) is 40.5 Å². The van der Waals surface area contributed by atoms with E-state index in [2.05, 4.69) is 4.98 Å². The average molecular weight is 242 g/mol. The van der Waals surface area contributed by atoms with Gasteiger partial charge in [-0.3, -0.25) is 9.59 Å². The Hall–Kier alpha value is -1.43. The highest BCUT2D eigenvalue weighted by Gasteiger charge is 2.19. The lowest BCUT2D eigenvalue weighted by Crippen LogP contribution is -2.31. The van der Waals surface area contributed by atoms with E-state index in [0.717, 1.165) is 11.4 Å². The second kappa shape index (κ2) is 5.07. The molecule has 1 heterocycles. The summed E-state index contributed by atoms with van der Waals surface area (Å²) in [5.41, 5.74) is 0.670. The van der Waals surface area contributed by atoms with Crippen LogP contribution in [0.2, 0.25) is 0 Å². The van der Waals surface area contributed by atoms with Gasteiger partial charge in [-0.05, 0) is 13.3 Å². The standard InChI is InChI=1S/C10H14N2O3S/c1-4-7-11-6(2)9(16-7)10(15)12(3)5-8(13)14/h4-5H2,1-3H3,(H,13,14). The molecule has 0 saturated heterocycles. The fourth-order valence-corrected chi connectivity index (χ4v) is 2.25. The topological polar surface area (TPSA) is 70.5 Å². The molecular weight excluding hydrogens is 228 g/mol. The van der Waals surface area contributed by atoms with Gasteiger partial charge in [0.2, 0.25) is 0 Å². The van der Waals surface area contributed by atoms with Crippen molar-refractivity contribution in [3.63, 3.8) is 0 Å². The summed E-state index contributed by atoms with van der Waals surface area (Å²) < 4.78 is 0. The summed E-state index contributed by atoms with van der Waals surface area (Å²) in [6.07, 6.45) is 0.779. The third-order valence-corrected chi connectivity index (χ3v) is 3.35. The molecule has 16 heavy (non-hydrogen) atoms. The molecule has 0 aromatic carbocycles. The summed E-state index contributed by atoms with van der Waals surface area (Å²) >= 11 is 1.33. The molecule has 1 aromatic rings. The first-order chi connectivity index (χ1) is 7.45. The average Bonchev–Trinajstić information content (AvgIpc) is 2.57. The van der Waals surface area contributed by atoms with Crippen LogP contribution < -0.4 is 0 Å². The van der Waals surface area contributed by atoms with E-state index in [1.165, 1.54) is 23.3 Å². The smallest absolute Gasteiger partial charge is 0.323 e. The number of aromatic nitrogens is 1. The fraction of sp³-hybridized carbons (Fsp3) is 0.500. The van der Waals surface area contributed by atoms with Crippen molar-refractivity contribution in [1.82, 2.24) is 9.88 Å². The lowest BCUT2D eigenvalue weighted by molar-refractivity contribution is -0.137. The van der Waals surface area contributed by atoms with Gasteiger partial charge in [-0.1, -0.05) is 6.92 Å². The second-order valence-electron chi connectivity index (χ2n) is 3.43. The maximum atomic E-state index is 11.9. The summed E-state index contributed by atoms with van der Waals surface area (Å²) in [7, 11) is 1.47. The normalized spacial score (nSPS) is 10.2. The number of nitrogens with zero attached hydrogens (tertiary/aromatic N) is 2. The predicted octanol–water partition coefficient (Wildman–Crippen LogP) is 1.17. The van der Waals surface area contributed by atoms with Crippen molar-refractivity contribution in [1.29, 1.82) is 0 Å². The van der Waals surface area contributed by atoms with Crippen LogP contribution in [0.15, 0.2) is 0 Å². The predicted molar refractivity (Wildman–Crippen MR) is 60.8 cm³/mol. The van der Waals surface area contributed by atoms with Gasteiger partial charge in [0.15, 0.2) is 0 Å². The van der Waals surface area contributed by atoms with Crippen LogP contribution in [0.1, 0.15) is 27.3 Å². The number of amides is 1. The largest absolute Gasteiger partial charge is 0.480 e. The van der Waals surface area contributed by atoms with Gasteiger partial charge in [0.1, 0.15) is 11.4 Å². The first kappa shape index (κ1) is 12.6. The minimum atomic E-state index is -1.02. The molecule has 1 N–H and O–H groups in total. The minimum Gasteiger partial charge on any atom is -0.480 e. The number of aryl methyl sites for hydroxylation is 2. The Morgan fingerprint density at radius 2 is 2.12 bits per heavy atom. The number of aliphatic carboxylic acids is 1. The Kier molecular flexibility index (Phi) is 4.00. The highest BCUT2D eigenvalue weighted by Crippen LogP contribution is 2.19. The highest BCUT2D eigenvalue weighted by atomic mass is 32.1. The molecule has 6 heteroatoms. The van der Waals surface area contributed by atoms with Crippen molar-refractivity contribution in [2.24, 2.45) is 0 Å². The molecule has 0 spiro atoms. The maximum absolute atomic E-state index is 11.9. The lowest BCUT2D eigenvalue weighted by Gasteiger charge is -2.13. The Balaban J connectivity index is 2.87. The van der Waals surface area contributed by atoms with Crippen LogP contribution in [0, 0.1) is 6.92 Å². The van der Waals surface area contributed by atoms with E-state index in [4.69, 9.17) is 5.11 Å². The molecule has 0 fully saturated rings. The summed E-state index contributed by atoms with van der Waals surface area (Å²) in [5.74, 6) is -1.30. The molecule has 0 unspecified atom stereocenters. The number of hydrogen-bond donors (Lipinski definition) is 1. The van der Waals surface area contributed by atoms with Gasteiger partial charge >= 0.3 is 5.97 Å². The number of rotatable bonds is 4. The molecule has 0 atom stereocenters. The fourth-order valence-electron chi connectivity index (χ4n) is 1.25. The van der Waals surface area contributed by atoms with Crippen LogP contribution in [-0.2, 0) is 11.2 Å². The molecule has 1 aromatic heterocycles. The van der Waals surface area contributed by atoms with E-state index < -0.39 is 5.97 Å². The molecule has 1 rings (SSSR count). The summed E-state index contributed by atoms with van der Waals surface area (Å²) in [6, 6.07) is 0. The molecule has 1 amide bonds. The quantitative estimate of drug-likeness (QED) is 0.860. The first-order valence-electron chi connectivity index (χ1n) is 4.89. The highest BCUT2D eigenvalue weighted by molar-refractivity contribution is 7.13. The van der Waals surface area contributed by atoms with Gasteiger partial charge < -0.3 is 10.0 Å². The van der Waals surface area contributed by atoms with E-state index in [1.807, 2.05) is 6.92 Å². The third-order valence-electron chi connectivity index (χ3n) is 2.06. The van der Waals surface area contributed by atoms with Crippen molar-refractivity contribution in [3.8, 4) is 0 Å². The number of likely N-dealkylation sites (N-methyl/N-ethyl adjacent to an activating group) is 1. The number of carbonyl (C=O) groups excluding carboxylic acids is 1. The summed E-state index contributed by atoms with van der Waals surface area (Å²) in [4.78, 5) is 28.3. The van der Waals surface area contributed by atoms with Crippen LogP contribution in [0.4, 0.5) is 0 Å². The van der Waals surface area contributed by atoms with E-state index in [9.17, 15) is 9.59 Å². The zero-order valence-corrected chi connectivity index (χ0v) is 10.3. The van der Waals surface area contributed by atoms with Gasteiger partial charge in [0.05, 0.1) is 10.7 Å². The molecule has 0 aliphatic carbocycles. The van der Waals surface area contributed by atoms with Gasteiger partial charge in [0, 0.05) is 7.05 Å². The number of thiazole rings is 1. The van der Waals surface area contributed by atoms with Crippen LogP contribution >= 0.6 is 11.3 Å². The van der Waals surface area contributed by atoms with Crippen molar-refractivity contribution < 1.29 is 14.7 Å². The van der Waals surface area contributed by atoms with E-state index in [-0.39, 0.29) is 12.5 Å². The molecular formula is C10H14N2O3S. The van der Waals surface area contributed by atoms with Crippen LogP contribution in [0.25, 0.3) is 0 Å². The minimum absolute atomic E-state index is 0.280. The van der Waals surface area contributed by atoms with Crippen LogP contribution in [0.5, 0.6) is 0 Å². The number of carboxylic acids is 1. The summed E-state index contributed by atoms with van der Waals surface area (Å²) in [6.45, 7) is 3.43. The monoisotopic (exact) mass is 242 g/mol. The molecule has 0 saturated carbocycles. The molecule has 5 nitrogen and oxygen atoms in total. The van der Waals surface area contributed by atoms with Gasteiger partial charge in [-0.2, -0.15) is 0 Å². The zero-order chi connectivity index (χ0) is 12.3. The van der Waals surface area contributed by atoms with Crippen LogP contribution in [0.3, 0.4) is 0 Å². The van der Waals surface area contributed by atoms with Gasteiger partial charge in [-0.15, -0.1) is 11.3 Å². The number of carboxylic acid groups (broad SMARTS) is 1. The number of hydrogen-bond acceptors (Lipinski definition) is 4. The van der Waals surface area contributed by atoms with Crippen molar-refractivity contribution in [3.05, 3.63) is 15.6 Å². The number of carbonyl (C=O) groups is 2. The SMILES string of the molecule is CCc1nc(C)c(C(=O)N(C)CC(=O)O)s1. The van der Waals surface area contributed by atoms with Gasteiger partial charge in [0.25, 0.3) is 5.91 Å². The van der Waals surface area contributed by atoms with E-state index in [0.29, 0.717) is 10.6 Å². The Morgan fingerprint density at radius 1 is 1.50 bits per heavy atom. The van der Waals surface area contributed by atoms with E-state index in [1.54, 1.807) is 6.92 Å². The zero-order valence-electron chi connectivity index (χ0n) is 9.48. The molecule has 0 radical (unpaired) electrons. The van der Waals surface area contributed by atoms with Gasteiger partial charge in [-0.25, -0.2) is 4.98 Å². The summed E-state index contributed by atoms with van der Waals surface area (Å²) in [5, 5.41) is 9.49. The molecule has 0 bridgehead atoms. The van der Waals surface area contributed by atoms with Crippen molar-refractivity contribution >= 4 is 23.2 Å². The second-order valence-corrected chi connectivity index (χ2v) is 4.51. The molecule has 0 aliphatic rings. The Bertz CT molecular complexity index is 414. The Morgan fingerprint density at radius 3 is 2.56 bits per heavy atom. The van der Waals surface area contributed by atoms with E-state index >= 15 is 0 Å². The third kappa shape index (κ3) is 2.79. The maximum Gasteiger partial charge on any atom is 0.323 e. The molecule has 0 aliphatic heterocycles. The Labute approximate surface area is 97.7 Å². The molecule has 88 valence electrons. The lowest BCUT2D eigenvalue weighted by atomic mass is 10.3. The van der Waals surface area contributed by atoms with Crippen molar-refractivity contribution in [2.75, 3.05) is 13.6 Å². The van der Waals surface area contributed by atoms with Crippen molar-refractivity contribution in [2.45, 2.75) is 20.3 Å². The first-order valence-corrected chi connectivity index (χ1v) is 5.71.